The highest BCUT2D eigenvalue weighted by Gasteiger charge is 2.24. The summed E-state index contributed by atoms with van der Waals surface area (Å²) < 4.78 is 0.843. The zero-order chi connectivity index (χ0) is 14.0. The van der Waals surface area contributed by atoms with Crippen LogP contribution in [0.15, 0.2) is 18.2 Å². The molecule has 6 nitrogen and oxygen atoms in total. The van der Waals surface area contributed by atoms with Gasteiger partial charge in [0.15, 0.2) is 0 Å². The van der Waals surface area contributed by atoms with Crippen molar-refractivity contribution in [3.8, 4) is 0 Å². The van der Waals surface area contributed by atoms with Crippen LogP contribution in [0.5, 0.6) is 0 Å². The third kappa shape index (κ3) is 3.14. The van der Waals surface area contributed by atoms with Gasteiger partial charge in [0.2, 0.25) is 5.91 Å². The highest BCUT2D eigenvalue weighted by Crippen LogP contribution is 2.30. The van der Waals surface area contributed by atoms with Crippen molar-refractivity contribution in [3.63, 3.8) is 0 Å². The van der Waals surface area contributed by atoms with Gasteiger partial charge in [0.25, 0.3) is 5.69 Å². The summed E-state index contributed by atoms with van der Waals surface area (Å²) in [5.74, 6) is 0.0526. The van der Waals surface area contributed by atoms with Gasteiger partial charge in [-0.25, -0.2) is 0 Å². The smallest absolute Gasteiger partial charge is 0.293 e. The first-order valence-electron chi connectivity index (χ1n) is 5.93. The Morgan fingerprint density at radius 3 is 2.47 bits per heavy atom. The number of rotatable bonds is 2. The van der Waals surface area contributed by atoms with E-state index in [2.05, 4.69) is 22.6 Å². The predicted octanol–water partition coefficient (Wildman–Crippen LogP) is 1.87. The summed E-state index contributed by atoms with van der Waals surface area (Å²) >= 11 is 2.06. The van der Waals surface area contributed by atoms with Crippen LogP contribution in [0.25, 0.3) is 0 Å². The SMILES string of the molecule is CC(=O)N1CCN(c2ccc(I)cc2[N+](=O)[O-])CC1. The minimum atomic E-state index is -0.352. The van der Waals surface area contributed by atoms with Crippen LogP contribution in [-0.2, 0) is 4.79 Å². The maximum absolute atomic E-state index is 11.3. The molecule has 1 aromatic rings. The zero-order valence-electron chi connectivity index (χ0n) is 10.5. The predicted molar refractivity (Wildman–Crippen MR) is 80.3 cm³/mol. The first kappa shape index (κ1) is 14.0. The van der Waals surface area contributed by atoms with E-state index in [-0.39, 0.29) is 16.5 Å². The molecule has 1 fully saturated rings. The third-order valence-electron chi connectivity index (χ3n) is 3.20. The molecule has 19 heavy (non-hydrogen) atoms. The molecule has 1 saturated heterocycles. The average Bonchev–Trinajstić information content (AvgIpc) is 2.38. The Kier molecular flexibility index (Phi) is 4.23. The molecule has 102 valence electrons. The third-order valence-corrected chi connectivity index (χ3v) is 3.87. The summed E-state index contributed by atoms with van der Waals surface area (Å²) in [6.45, 7) is 4.02. The second-order valence-electron chi connectivity index (χ2n) is 4.38. The number of benzene rings is 1. The number of hydrogen-bond acceptors (Lipinski definition) is 4. The van der Waals surface area contributed by atoms with E-state index in [1.165, 1.54) is 0 Å². The lowest BCUT2D eigenvalue weighted by molar-refractivity contribution is -0.384. The van der Waals surface area contributed by atoms with Crippen molar-refractivity contribution in [2.45, 2.75) is 6.92 Å². The number of nitro groups is 1. The average molecular weight is 375 g/mol. The maximum Gasteiger partial charge on any atom is 0.293 e. The molecule has 2 rings (SSSR count). The molecule has 0 aliphatic carbocycles. The Hall–Kier alpha value is -1.38. The minimum Gasteiger partial charge on any atom is -0.362 e. The summed E-state index contributed by atoms with van der Waals surface area (Å²) in [5, 5.41) is 11.1. The van der Waals surface area contributed by atoms with Gasteiger partial charge in [-0.05, 0) is 34.7 Å². The lowest BCUT2D eigenvalue weighted by Crippen LogP contribution is -2.48. The lowest BCUT2D eigenvalue weighted by Gasteiger charge is -2.35. The Bertz CT molecular complexity index is 513. The van der Waals surface area contributed by atoms with Gasteiger partial charge < -0.3 is 9.80 Å². The lowest BCUT2D eigenvalue weighted by atomic mass is 10.2. The molecule has 0 aromatic heterocycles. The van der Waals surface area contributed by atoms with Crippen molar-refractivity contribution in [2.24, 2.45) is 0 Å². The van der Waals surface area contributed by atoms with Gasteiger partial charge in [-0.15, -0.1) is 0 Å². The molecule has 1 heterocycles. The molecule has 0 radical (unpaired) electrons. The summed E-state index contributed by atoms with van der Waals surface area (Å²) in [6, 6.07) is 5.22. The molecule has 0 bridgehead atoms. The molecule has 0 atom stereocenters. The van der Waals surface area contributed by atoms with Crippen LogP contribution in [0.2, 0.25) is 0 Å². The van der Waals surface area contributed by atoms with E-state index >= 15 is 0 Å². The van der Waals surface area contributed by atoms with Crippen molar-refractivity contribution in [1.29, 1.82) is 0 Å². The van der Waals surface area contributed by atoms with Crippen molar-refractivity contribution in [1.82, 2.24) is 4.90 Å². The molecule has 0 spiro atoms. The van der Waals surface area contributed by atoms with Crippen LogP contribution in [0, 0.1) is 13.7 Å². The number of carbonyl (C=O) groups is 1. The van der Waals surface area contributed by atoms with Crippen molar-refractivity contribution < 1.29 is 9.72 Å². The first-order valence-corrected chi connectivity index (χ1v) is 7.01. The number of carbonyl (C=O) groups excluding carboxylic acids is 1. The Labute approximate surface area is 124 Å². The van der Waals surface area contributed by atoms with Crippen LogP contribution < -0.4 is 4.90 Å². The Morgan fingerprint density at radius 2 is 1.95 bits per heavy atom. The normalized spacial score (nSPS) is 15.5. The van der Waals surface area contributed by atoms with E-state index in [4.69, 9.17) is 0 Å². The molecule has 1 aliphatic rings. The summed E-state index contributed by atoms with van der Waals surface area (Å²) in [7, 11) is 0. The summed E-state index contributed by atoms with van der Waals surface area (Å²) in [6.07, 6.45) is 0. The molecule has 7 heteroatoms. The zero-order valence-corrected chi connectivity index (χ0v) is 12.7. The molecular formula is C12H14IN3O3. The molecule has 1 amide bonds. The van der Waals surface area contributed by atoms with Gasteiger partial charge in [0.05, 0.1) is 4.92 Å². The fraction of sp³-hybridized carbons (Fsp3) is 0.417. The van der Waals surface area contributed by atoms with Crippen LogP contribution in [0.4, 0.5) is 11.4 Å². The van der Waals surface area contributed by atoms with Gasteiger partial charge in [0.1, 0.15) is 5.69 Å². The fourth-order valence-corrected chi connectivity index (χ4v) is 2.65. The topological polar surface area (TPSA) is 66.7 Å². The number of piperazine rings is 1. The second kappa shape index (κ2) is 5.72. The Morgan fingerprint density at radius 1 is 1.32 bits per heavy atom. The Balaban J connectivity index is 2.20. The molecular weight excluding hydrogens is 361 g/mol. The number of amides is 1. The first-order chi connectivity index (χ1) is 8.99. The van der Waals surface area contributed by atoms with Gasteiger partial charge >= 0.3 is 0 Å². The van der Waals surface area contributed by atoms with E-state index < -0.39 is 0 Å². The molecule has 1 aromatic carbocycles. The highest BCUT2D eigenvalue weighted by molar-refractivity contribution is 14.1. The van der Waals surface area contributed by atoms with E-state index in [9.17, 15) is 14.9 Å². The highest BCUT2D eigenvalue weighted by atomic mass is 127. The standard InChI is InChI=1S/C12H14IN3O3/c1-9(17)14-4-6-15(7-5-14)11-3-2-10(13)8-12(11)16(18)19/h2-3,8H,4-7H2,1H3. The van der Waals surface area contributed by atoms with Crippen molar-refractivity contribution in [2.75, 3.05) is 31.1 Å². The fourth-order valence-electron chi connectivity index (χ4n) is 2.17. The second-order valence-corrected chi connectivity index (χ2v) is 5.63. The van der Waals surface area contributed by atoms with Crippen LogP contribution in [-0.4, -0.2) is 41.9 Å². The minimum absolute atomic E-state index is 0.0526. The maximum atomic E-state index is 11.3. The van der Waals surface area contributed by atoms with Gasteiger partial charge in [-0.2, -0.15) is 0 Å². The van der Waals surface area contributed by atoms with E-state index in [0.29, 0.717) is 31.9 Å². The van der Waals surface area contributed by atoms with Crippen LogP contribution in [0.1, 0.15) is 6.92 Å². The van der Waals surface area contributed by atoms with Gasteiger partial charge in [-0.1, -0.05) is 0 Å². The quantitative estimate of drug-likeness (QED) is 0.450. The van der Waals surface area contributed by atoms with Crippen LogP contribution >= 0.6 is 22.6 Å². The number of anilines is 1. The monoisotopic (exact) mass is 375 g/mol. The molecule has 0 saturated carbocycles. The van der Waals surface area contributed by atoms with Crippen LogP contribution in [0.3, 0.4) is 0 Å². The van der Waals surface area contributed by atoms with Crippen molar-refractivity contribution in [3.05, 3.63) is 31.9 Å². The van der Waals surface area contributed by atoms with E-state index in [1.54, 1.807) is 24.0 Å². The number of nitro benzene ring substituents is 1. The number of hydrogen-bond donors (Lipinski definition) is 0. The van der Waals surface area contributed by atoms with Gasteiger partial charge in [0, 0.05) is 42.7 Å². The van der Waals surface area contributed by atoms with E-state index in [1.807, 2.05) is 11.0 Å². The molecule has 1 aliphatic heterocycles. The van der Waals surface area contributed by atoms with Gasteiger partial charge in [-0.3, -0.25) is 14.9 Å². The molecule has 0 N–H and O–H groups in total. The van der Waals surface area contributed by atoms with E-state index in [0.717, 1.165) is 3.57 Å². The van der Waals surface area contributed by atoms with Crippen molar-refractivity contribution >= 4 is 39.9 Å². The largest absolute Gasteiger partial charge is 0.362 e. The summed E-state index contributed by atoms with van der Waals surface area (Å²) in [5.41, 5.74) is 0.761. The number of nitrogens with zero attached hydrogens (tertiary/aromatic N) is 3. The summed E-state index contributed by atoms with van der Waals surface area (Å²) in [4.78, 5) is 25.7. The number of halogens is 1. The molecule has 0 unspecified atom stereocenters.